The van der Waals surface area contributed by atoms with Gasteiger partial charge in [0.1, 0.15) is 91.1 Å². The Balaban J connectivity index is 0.000000121. The van der Waals surface area contributed by atoms with Gasteiger partial charge in [0.2, 0.25) is 25.6 Å². The number of hydrogen-bond acceptors (Lipinski definition) is 35. The highest BCUT2D eigenvalue weighted by Crippen LogP contribution is 2.46. The summed E-state index contributed by atoms with van der Waals surface area (Å²) in [6.45, 7) is 14.4. The number of nitrogens with zero attached hydrogens (tertiary/aromatic N) is 18. The van der Waals surface area contributed by atoms with E-state index in [-0.39, 0.29) is 19.0 Å². The molecule has 1 aliphatic carbocycles. The predicted molar refractivity (Wildman–Crippen MR) is 571 cm³/mol. The van der Waals surface area contributed by atoms with E-state index in [0.29, 0.717) is 156 Å². The van der Waals surface area contributed by atoms with Gasteiger partial charge in [0.15, 0.2) is 23.0 Å². The highest BCUT2D eigenvalue weighted by Gasteiger charge is 2.39. The first-order valence-corrected chi connectivity index (χ1v) is 53.0. The fraction of sp³-hybridized carbons (Fsp3) is 0.398. The number of imidazole rings is 4. The Hall–Kier alpha value is -14.6. The van der Waals surface area contributed by atoms with E-state index in [1.165, 1.54) is 126 Å². The van der Waals surface area contributed by atoms with E-state index in [1.54, 1.807) is 93.3 Å². The van der Waals surface area contributed by atoms with Crippen molar-refractivity contribution in [2.75, 3.05) is 150 Å². The standard InChI is InChI=1S/C28H26F3N5O5S.C27H28N4O4S.C26H27N5O4S.C26H32N4O4S.CH4/c1-38-19-9-22(20-11-24(41-23(20)10-19)21-14-36-26(33-21)42-27(34-36)39-2)40-15-16-4-3-7-35(13-16)18-6-5-17(32-12-18)8-25(37)28(29,30)31;1-17-6-8-19(9-7-17)30-10-4-5-18(14-30)16-34-23-11-20(32-2)12-24-21(23)13-25(35-24)22-15-31-26(28-22)36-27(29-31)33-3;1-16-6-7-18(12-27-16)30-8-4-5-17(13-30)15-34-22-9-19(32-2)10-23-20(22)11-24(35-23)21-14-31-25(28-21)36-26(29-31)33-3;1-31-19-11-22(33-16-17-7-6-10-29(14-17)18-8-4-3-5-9-18)20-13-24(34-23(20)12-19)21-15-30-25(27-21)35-26(28-30)32-2;/h5-6,9-12,14,16H,3-4,7-8,13,15H2,1-2H3;6-9,11-13,15,18H,4-5,10,14,16H2,1-3H3;6-7,9-12,14,17H,4-5,8,13,15H2,1-3H3;11-13,15,17-18H,3-10,14,16H2,1-2H3;1H4/t;18-;;;/m.1.../s1. The van der Waals surface area contributed by atoms with Crippen molar-refractivity contribution in [2.24, 2.45) is 23.7 Å². The molecule has 5 aliphatic rings. The van der Waals surface area contributed by atoms with Crippen molar-refractivity contribution in [1.29, 1.82) is 0 Å². The Bertz CT molecular complexity index is 7520. The summed E-state index contributed by atoms with van der Waals surface area (Å²) >= 11 is 5.47. The number of benzene rings is 5. The van der Waals surface area contributed by atoms with Crippen LogP contribution in [-0.2, 0) is 11.2 Å². The maximum atomic E-state index is 12.6. The minimum absolute atomic E-state index is 0. The van der Waals surface area contributed by atoms with Gasteiger partial charge in [-0.25, -0.2) is 38.0 Å². The average molecular weight is 2120 g/mol. The summed E-state index contributed by atoms with van der Waals surface area (Å²) in [4.78, 5) is 51.0. The topological polar surface area (TPSA) is 340 Å². The number of piperidine rings is 4. The highest BCUT2D eigenvalue weighted by atomic mass is 32.1. The third-order valence-electron chi connectivity index (χ3n) is 27.6. The molecule has 4 saturated heterocycles. The lowest BCUT2D eigenvalue weighted by molar-refractivity contribution is -0.170. The second-order valence-electron chi connectivity index (χ2n) is 37.8. The molecule has 786 valence electrons. The van der Waals surface area contributed by atoms with Crippen LogP contribution in [0.15, 0.2) is 176 Å². The molecule has 0 N–H and O–H groups in total. The number of carbonyl (C=O) groups excluding carboxylic acids is 1. The molecule has 4 atom stereocenters. The molecule has 18 heterocycles. The number of ether oxygens (including phenoxy) is 12. The van der Waals surface area contributed by atoms with Crippen molar-refractivity contribution >= 4 is 132 Å². The number of aromatic nitrogens is 14. The molecule has 4 aliphatic heterocycles. The van der Waals surface area contributed by atoms with Crippen molar-refractivity contribution in [3.05, 3.63) is 175 Å². The van der Waals surface area contributed by atoms with E-state index in [0.717, 1.165) is 166 Å². The Morgan fingerprint density at radius 2 is 0.700 bits per heavy atom. The molecule has 5 aromatic carbocycles. The smallest absolute Gasteiger partial charge is 0.450 e. The van der Waals surface area contributed by atoms with Crippen molar-refractivity contribution in [3.63, 3.8) is 0 Å². The van der Waals surface area contributed by atoms with Crippen LogP contribution in [0.2, 0.25) is 0 Å². The van der Waals surface area contributed by atoms with Crippen LogP contribution < -0.4 is 71.5 Å². The zero-order valence-corrected chi connectivity index (χ0v) is 87.3. The SMILES string of the molecule is C.COc1cc(OCC2CCCN(C3CCCCC3)C2)c2cc(-c3cn4nc(OC)sc4n3)oc2c1.COc1cc(OCC2CCCN(c3ccc(C)nc3)C2)c2cc(-c3cn4nc(OC)sc4n3)oc2c1.COc1cc(OCC2CCCN(c3ccc(CC(=O)C(F)(F)F)nc3)C2)c2cc(-c3cn4nc(OC)sc4n3)oc2c1.COc1cc(OC[C@@H]2CCCN(c3ccc(C)cc3)C2)c2cc(-c3cn4nc(OC)sc4n3)oc2c1. The first-order chi connectivity index (χ1) is 72.6. The minimum atomic E-state index is -4.87. The third kappa shape index (κ3) is 23.2. The number of hydrogen-bond donors (Lipinski definition) is 0. The number of alkyl halides is 3. The van der Waals surface area contributed by atoms with Gasteiger partial charge in [0, 0.05) is 141 Å². The lowest BCUT2D eigenvalue weighted by atomic mass is 9.90. The number of pyridine rings is 2. The molecular formula is C108H117F3N18O17S4. The maximum absolute atomic E-state index is 12.6. The summed E-state index contributed by atoms with van der Waals surface area (Å²) in [7, 11) is 12.9. The lowest BCUT2D eigenvalue weighted by Gasteiger charge is -2.40. The molecule has 19 aromatic rings. The Morgan fingerprint density at radius 3 is 1.01 bits per heavy atom. The highest BCUT2D eigenvalue weighted by molar-refractivity contribution is 7.19. The van der Waals surface area contributed by atoms with Gasteiger partial charge >= 0.3 is 6.18 Å². The van der Waals surface area contributed by atoms with Gasteiger partial charge in [-0.2, -0.15) is 13.2 Å². The maximum Gasteiger partial charge on any atom is 0.450 e. The zero-order valence-electron chi connectivity index (χ0n) is 84.0. The summed E-state index contributed by atoms with van der Waals surface area (Å²) in [5, 5.41) is 23.1. The first-order valence-electron chi connectivity index (χ1n) is 49.7. The second-order valence-corrected chi connectivity index (χ2v) is 41.5. The molecule has 3 unspecified atom stereocenters. The number of furan rings is 4. The molecule has 5 fully saturated rings. The summed E-state index contributed by atoms with van der Waals surface area (Å²) in [6, 6.07) is 39.9. The number of Topliss-reactive ketones (excluding diaryl/α,β-unsaturated/α-hetero) is 1. The van der Waals surface area contributed by atoms with Crippen molar-refractivity contribution in [1.82, 2.24) is 73.3 Å². The van der Waals surface area contributed by atoms with Gasteiger partial charge in [-0.3, -0.25) is 19.7 Å². The van der Waals surface area contributed by atoms with Gasteiger partial charge in [-0.05, 0) is 191 Å². The number of carbonyl (C=O) groups is 1. The summed E-state index contributed by atoms with van der Waals surface area (Å²) < 4.78 is 138. The van der Waals surface area contributed by atoms with Gasteiger partial charge < -0.3 is 89.2 Å². The average Bonchev–Trinajstić information content (AvgIpc) is 1.63. The predicted octanol–water partition coefficient (Wildman–Crippen LogP) is 22.9. The number of ketones is 1. The van der Waals surface area contributed by atoms with Gasteiger partial charge in [-0.1, -0.05) is 44.4 Å². The summed E-state index contributed by atoms with van der Waals surface area (Å²) in [5.41, 5.74) is 11.1. The molecule has 42 heteroatoms. The van der Waals surface area contributed by atoms with Crippen molar-refractivity contribution in [2.45, 2.75) is 123 Å². The summed E-state index contributed by atoms with van der Waals surface area (Å²) in [6.07, 6.45) is 20.9. The molecule has 0 radical (unpaired) electrons. The van der Waals surface area contributed by atoms with E-state index in [1.807, 2.05) is 98.4 Å². The number of rotatable bonds is 30. The molecule has 35 nitrogen and oxygen atoms in total. The van der Waals surface area contributed by atoms with Crippen LogP contribution >= 0.6 is 45.3 Å². The van der Waals surface area contributed by atoms with E-state index >= 15 is 0 Å². The summed E-state index contributed by atoms with van der Waals surface area (Å²) in [5.74, 6) is 7.94. The fourth-order valence-electron chi connectivity index (χ4n) is 19.8. The second kappa shape index (κ2) is 45.4. The monoisotopic (exact) mass is 2120 g/mol. The molecule has 150 heavy (non-hydrogen) atoms. The third-order valence-corrected chi connectivity index (χ3v) is 31.2. The quantitative estimate of drug-likeness (QED) is 0.0403. The normalized spacial score (nSPS) is 16.8. The van der Waals surface area contributed by atoms with Crippen LogP contribution in [0.4, 0.5) is 30.2 Å². The largest absolute Gasteiger partial charge is 0.496 e. The van der Waals surface area contributed by atoms with E-state index in [9.17, 15) is 18.0 Å². The number of methoxy groups -OCH3 is 8. The number of anilines is 3. The van der Waals surface area contributed by atoms with Crippen LogP contribution in [-0.4, -0.2) is 227 Å². The molecule has 24 rings (SSSR count). The van der Waals surface area contributed by atoms with Crippen LogP contribution in [0.1, 0.15) is 108 Å². The molecular weight excluding hydrogens is 2010 g/mol. The molecule has 14 aromatic heterocycles. The first kappa shape index (κ1) is 103. The van der Waals surface area contributed by atoms with Gasteiger partial charge in [0.05, 0.1) is 160 Å². The molecule has 0 bridgehead atoms. The van der Waals surface area contributed by atoms with Crippen LogP contribution in [0.3, 0.4) is 0 Å². The number of halogens is 3. The van der Waals surface area contributed by atoms with Crippen molar-refractivity contribution in [3.8, 4) is 113 Å². The molecule has 1 saturated carbocycles. The Labute approximate surface area is 877 Å². The van der Waals surface area contributed by atoms with Crippen molar-refractivity contribution < 1.29 is 92.5 Å². The Kier molecular flexibility index (Phi) is 31.1. The van der Waals surface area contributed by atoms with Crippen LogP contribution in [0.5, 0.6) is 66.8 Å². The van der Waals surface area contributed by atoms with Crippen LogP contribution in [0, 0.1) is 37.5 Å². The molecule has 0 amide bonds. The minimum Gasteiger partial charge on any atom is -0.496 e. The Morgan fingerprint density at radius 1 is 0.373 bits per heavy atom. The van der Waals surface area contributed by atoms with E-state index < -0.39 is 18.4 Å². The number of fused-ring (bicyclic) bond motifs is 8. The van der Waals surface area contributed by atoms with E-state index in [2.05, 4.69) is 113 Å². The van der Waals surface area contributed by atoms with Gasteiger partial charge in [-0.15, -0.1) is 20.4 Å². The van der Waals surface area contributed by atoms with Gasteiger partial charge in [0.25, 0.3) is 20.8 Å². The number of likely N-dealkylation sites (tertiary alicyclic amines) is 1. The fourth-order valence-corrected chi connectivity index (χ4v) is 22.6. The zero-order chi connectivity index (χ0) is 103. The number of aryl methyl sites for hydroxylation is 2. The van der Waals surface area contributed by atoms with E-state index in [4.69, 9.17) is 74.5 Å². The lowest BCUT2D eigenvalue weighted by Crippen LogP contribution is -2.44. The molecule has 0 spiro atoms. The van der Waals surface area contributed by atoms with Crippen LogP contribution in [0.25, 0.3) is 110 Å².